The molecule has 0 spiro atoms. The zero-order valence-electron chi connectivity index (χ0n) is 14.8. The molecule has 0 radical (unpaired) electrons. The van der Waals surface area contributed by atoms with Crippen LogP contribution in [-0.2, 0) is 12.7 Å². The highest BCUT2D eigenvalue weighted by molar-refractivity contribution is 5.68. The molecule has 0 aliphatic carbocycles. The van der Waals surface area contributed by atoms with Gasteiger partial charge in [0.2, 0.25) is 0 Å². The van der Waals surface area contributed by atoms with E-state index in [0.717, 1.165) is 17.7 Å². The maximum absolute atomic E-state index is 13.2. The number of alkyl halides is 3. The normalized spacial score (nSPS) is 11.5. The highest BCUT2D eigenvalue weighted by Gasteiger charge is 2.32. The van der Waals surface area contributed by atoms with Crippen LogP contribution in [0.4, 0.5) is 19.0 Å². The fourth-order valence-electron chi connectivity index (χ4n) is 2.53. The van der Waals surface area contributed by atoms with Gasteiger partial charge in [0, 0.05) is 31.4 Å². The van der Waals surface area contributed by atoms with E-state index in [4.69, 9.17) is 5.73 Å². The van der Waals surface area contributed by atoms with Crippen molar-refractivity contribution in [2.45, 2.75) is 12.7 Å². The van der Waals surface area contributed by atoms with E-state index in [2.05, 4.69) is 15.0 Å². The van der Waals surface area contributed by atoms with E-state index in [0.29, 0.717) is 17.1 Å². The molecule has 1 aromatic carbocycles. The number of nitrogens with two attached hydrogens (primary N) is 1. The first kappa shape index (κ1) is 18.8. The second-order valence-electron chi connectivity index (χ2n) is 6.13. The Kier molecular flexibility index (Phi) is 5.09. The molecule has 0 bridgehead atoms. The average Bonchev–Trinajstić information content (AvgIpc) is 2.67. The van der Waals surface area contributed by atoms with Crippen molar-refractivity contribution in [2.75, 3.05) is 19.0 Å². The summed E-state index contributed by atoms with van der Waals surface area (Å²) in [6, 6.07) is 10.9. The summed E-state index contributed by atoms with van der Waals surface area (Å²) in [5.41, 5.74) is 7.17. The van der Waals surface area contributed by atoms with Crippen molar-refractivity contribution >= 4 is 5.82 Å². The van der Waals surface area contributed by atoms with E-state index in [-0.39, 0.29) is 18.1 Å². The number of halogens is 3. The molecule has 0 unspecified atom stereocenters. The number of hydrogen-bond donors (Lipinski definition) is 1. The lowest BCUT2D eigenvalue weighted by atomic mass is 10.0. The molecule has 8 heteroatoms. The Labute approximate surface area is 154 Å². The van der Waals surface area contributed by atoms with E-state index in [1.54, 1.807) is 55.5 Å². The maximum Gasteiger partial charge on any atom is 0.416 e. The highest BCUT2D eigenvalue weighted by atomic mass is 19.4. The third kappa shape index (κ3) is 4.22. The third-order valence-corrected chi connectivity index (χ3v) is 3.96. The number of nitrogens with zero attached hydrogens (tertiary/aromatic N) is 4. The molecule has 0 saturated carbocycles. The summed E-state index contributed by atoms with van der Waals surface area (Å²) in [5.74, 6) is 0.763. The second-order valence-corrected chi connectivity index (χ2v) is 6.13. The van der Waals surface area contributed by atoms with Gasteiger partial charge in [0.15, 0.2) is 0 Å². The lowest BCUT2D eigenvalue weighted by Gasteiger charge is -2.16. The average molecular weight is 373 g/mol. The van der Waals surface area contributed by atoms with E-state index < -0.39 is 11.7 Å². The first-order valence-corrected chi connectivity index (χ1v) is 8.17. The molecule has 5 nitrogen and oxygen atoms in total. The number of rotatable bonds is 4. The lowest BCUT2D eigenvalue weighted by molar-refractivity contribution is -0.137. The first-order chi connectivity index (χ1) is 12.8. The second kappa shape index (κ2) is 7.32. The Balaban J connectivity index is 2.00. The monoisotopic (exact) mass is 373 g/mol. The summed E-state index contributed by atoms with van der Waals surface area (Å²) < 4.78 is 39.6. The SMILES string of the molecule is CN(C)c1cc(C(F)(F)F)cc(-c2ccc(-c3ccnc(CN)n3)cc2)n1. The molecule has 0 saturated heterocycles. The molecule has 140 valence electrons. The van der Waals surface area contributed by atoms with E-state index in [9.17, 15) is 13.2 Å². The molecule has 2 aromatic heterocycles. The molecule has 0 amide bonds. The lowest BCUT2D eigenvalue weighted by Crippen LogP contribution is -2.14. The largest absolute Gasteiger partial charge is 0.416 e. The van der Waals surface area contributed by atoms with Crippen LogP contribution in [0.3, 0.4) is 0 Å². The van der Waals surface area contributed by atoms with Crippen molar-refractivity contribution in [3.05, 3.63) is 60.0 Å². The Morgan fingerprint density at radius 1 is 0.926 bits per heavy atom. The number of pyridine rings is 1. The predicted molar refractivity (Wildman–Crippen MR) is 97.9 cm³/mol. The Morgan fingerprint density at radius 3 is 2.11 bits per heavy atom. The molecule has 0 atom stereocenters. The summed E-state index contributed by atoms with van der Waals surface area (Å²) in [4.78, 5) is 14.3. The van der Waals surface area contributed by atoms with Gasteiger partial charge in [0.05, 0.1) is 23.5 Å². The van der Waals surface area contributed by atoms with E-state index >= 15 is 0 Å². The minimum Gasteiger partial charge on any atom is -0.363 e. The Bertz CT molecular complexity index is 937. The Morgan fingerprint density at radius 2 is 1.56 bits per heavy atom. The molecular formula is C19H18F3N5. The number of hydrogen-bond acceptors (Lipinski definition) is 5. The van der Waals surface area contributed by atoms with Crippen LogP contribution in [0.2, 0.25) is 0 Å². The summed E-state index contributed by atoms with van der Waals surface area (Å²) >= 11 is 0. The van der Waals surface area contributed by atoms with Crippen LogP contribution in [0, 0.1) is 0 Å². The smallest absolute Gasteiger partial charge is 0.363 e. The first-order valence-electron chi connectivity index (χ1n) is 8.17. The van der Waals surface area contributed by atoms with Gasteiger partial charge in [-0.05, 0) is 18.2 Å². The van der Waals surface area contributed by atoms with Crippen LogP contribution in [0.1, 0.15) is 11.4 Å². The molecular weight excluding hydrogens is 355 g/mol. The van der Waals surface area contributed by atoms with Crippen molar-refractivity contribution < 1.29 is 13.2 Å². The van der Waals surface area contributed by atoms with Gasteiger partial charge < -0.3 is 10.6 Å². The van der Waals surface area contributed by atoms with Crippen molar-refractivity contribution in [1.82, 2.24) is 15.0 Å². The number of anilines is 1. The highest BCUT2D eigenvalue weighted by Crippen LogP contribution is 2.34. The summed E-state index contributed by atoms with van der Waals surface area (Å²) in [7, 11) is 3.30. The molecule has 0 aliphatic rings. The molecule has 27 heavy (non-hydrogen) atoms. The minimum atomic E-state index is -4.44. The molecule has 2 N–H and O–H groups in total. The third-order valence-electron chi connectivity index (χ3n) is 3.96. The van der Waals surface area contributed by atoms with Crippen LogP contribution < -0.4 is 10.6 Å². The molecule has 3 aromatic rings. The van der Waals surface area contributed by atoms with Gasteiger partial charge >= 0.3 is 6.18 Å². The fourth-order valence-corrected chi connectivity index (χ4v) is 2.53. The molecule has 2 heterocycles. The summed E-state index contributed by atoms with van der Waals surface area (Å²) in [5, 5.41) is 0. The summed E-state index contributed by atoms with van der Waals surface area (Å²) in [6.07, 6.45) is -2.82. The zero-order chi connectivity index (χ0) is 19.6. The van der Waals surface area contributed by atoms with Crippen LogP contribution in [0.15, 0.2) is 48.7 Å². The fraction of sp³-hybridized carbons (Fsp3) is 0.211. The van der Waals surface area contributed by atoms with Crippen LogP contribution in [0.25, 0.3) is 22.5 Å². The number of benzene rings is 1. The summed E-state index contributed by atoms with van der Waals surface area (Å²) in [6.45, 7) is 0.230. The standard InChI is InChI=1S/C19H18F3N5/c1-27(2)18-10-14(19(20,21)22)9-16(26-18)13-5-3-12(4-6-13)15-7-8-24-17(11-23)25-15/h3-10H,11,23H2,1-2H3. The molecule has 0 fully saturated rings. The quantitative estimate of drug-likeness (QED) is 0.754. The van der Waals surface area contributed by atoms with Gasteiger partial charge in [0.1, 0.15) is 11.6 Å². The van der Waals surface area contributed by atoms with Gasteiger partial charge in [-0.2, -0.15) is 13.2 Å². The topological polar surface area (TPSA) is 67.9 Å². The zero-order valence-corrected chi connectivity index (χ0v) is 14.8. The number of aromatic nitrogens is 3. The van der Waals surface area contributed by atoms with Crippen molar-refractivity contribution in [3.63, 3.8) is 0 Å². The van der Waals surface area contributed by atoms with Gasteiger partial charge in [-0.25, -0.2) is 15.0 Å². The van der Waals surface area contributed by atoms with Crippen LogP contribution in [0.5, 0.6) is 0 Å². The van der Waals surface area contributed by atoms with Crippen molar-refractivity contribution in [3.8, 4) is 22.5 Å². The predicted octanol–water partition coefficient (Wildman–Crippen LogP) is 3.75. The van der Waals surface area contributed by atoms with Gasteiger partial charge in [-0.3, -0.25) is 0 Å². The van der Waals surface area contributed by atoms with E-state index in [1.165, 1.54) is 0 Å². The maximum atomic E-state index is 13.2. The van der Waals surface area contributed by atoms with Crippen LogP contribution >= 0.6 is 0 Å². The van der Waals surface area contributed by atoms with Crippen LogP contribution in [-0.4, -0.2) is 29.0 Å². The molecule has 3 rings (SSSR count). The van der Waals surface area contributed by atoms with Crippen molar-refractivity contribution in [1.29, 1.82) is 0 Å². The van der Waals surface area contributed by atoms with E-state index in [1.807, 2.05) is 0 Å². The van der Waals surface area contributed by atoms with Gasteiger partial charge in [-0.15, -0.1) is 0 Å². The Hall–Kier alpha value is -3.00. The minimum absolute atomic E-state index is 0.230. The van der Waals surface area contributed by atoms with Gasteiger partial charge in [0.25, 0.3) is 0 Å². The van der Waals surface area contributed by atoms with Gasteiger partial charge in [-0.1, -0.05) is 24.3 Å². The van der Waals surface area contributed by atoms with Crippen molar-refractivity contribution in [2.24, 2.45) is 5.73 Å². The molecule has 0 aliphatic heterocycles.